The van der Waals surface area contributed by atoms with Gasteiger partial charge in [-0.1, -0.05) is 42.5 Å². The molecule has 0 aromatic carbocycles. The van der Waals surface area contributed by atoms with Crippen LogP contribution in [0.5, 0.6) is 0 Å². The highest BCUT2D eigenvalue weighted by Crippen LogP contribution is 2.45. The van der Waals surface area contributed by atoms with Crippen molar-refractivity contribution in [3.8, 4) is 0 Å². The number of hydrogen-bond donors (Lipinski definition) is 0. The molecule has 0 unspecified atom stereocenters. The maximum absolute atomic E-state index is 6.31. The van der Waals surface area contributed by atoms with E-state index < -0.39 is 0 Å². The summed E-state index contributed by atoms with van der Waals surface area (Å²) in [6.07, 6.45) is 5.34. The second-order valence-corrected chi connectivity index (χ2v) is 5.66. The highest BCUT2D eigenvalue weighted by atomic mass is 127. The minimum atomic E-state index is 0.0572. The van der Waals surface area contributed by atoms with Crippen LogP contribution >= 0.6 is 22.6 Å². The van der Waals surface area contributed by atoms with Gasteiger partial charge in [-0.05, 0) is 32.1 Å². The summed E-state index contributed by atoms with van der Waals surface area (Å²) in [7, 11) is 0. The quantitative estimate of drug-likeness (QED) is 0.434. The van der Waals surface area contributed by atoms with Crippen LogP contribution in [-0.2, 0) is 4.74 Å². The SMILES string of the molecule is C=CC[C@]1(C(C)C)CC[C@@](C)(CI)O1. The van der Waals surface area contributed by atoms with Crippen LogP contribution in [0.15, 0.2) is 12.7 Å². The first-order chi connectivity index (χ1) is 6.48. The van der Waals surface area contributed by atoms with Crippen LogP contribution in [0.1, 0.15) is 40.0 Å². The molecular formula is C12H21IO. The van der Waals surface area contributed by atoms with E-state index in [0.29, 0.717) is 5.92 Å². The molecule has 0 aliphatic carbocycles. The molecule has 0 spiro atoms. The lowest BCUT2D eigenvalue weighted by atomic mass is 9.84. The Labute approximate surface area is 101 Å². The second kappa shape index (κ2) is 4.52. The van der Waals surface area contributed by atoms with Crippen LogP contribution in [0.2, 0.25) is 0 Å². The summed E-state index contributed by atoms with van der Waals surface area (Å²) in [5.74, 6) is 0.574. The van der Waals surface area contributed by atoms with Gasteiger partial charge in [-0.15, -0.1) is 6.58 Å². The highest BCUT2D eigenvalue weighted by Gasteiger charge is 2.46. The van der Waals surface area contributed by atoms with Gasteiger partial charge in [0.05, 0.1) is 11.2 Å². The fourth-order valence-corrected chi connectivity index (χ4v) is 2.73. The van der Waals surface area contributed by atoms with E-state index in [9.17, 15) is 0 Å². The van der Waals surface area contributed by atoms with Crippen molar-refractivity contribution in [2.75, 3.05) is 4.43 Å². The van der Waals surface area contributed by atoms with Crippen molar-refractivity contribution >= 4 is 22.6 Å². The molecule has 82 valence electrons. The van der Waals surface area contributed by atoms with Crippen LogP contribution in [0.3, 0.4) is 0 Å². The van der Waals surface area contributed by atoms with E-state index in [1.807, 2.05) is 6.08 Å². The summed E-state index contributed by atoms with van der Waals surface area (Å²) >= 11 is 2.42. The largest absolute Gasteiger partial charge is 0.367 e. The molecule has 0 saturated carbocycles. The molecule has 14 heavy (non-hydrogen) atoms. The van der Waals surface area contributed by atoms with Crippen molar-refractivity contribution in [3.05, 3.63) is 12.7 Å². The summed E-state index contributed by atoms with van der Waals surface area (Å²) in [4.78, 5) is 0. The first-order valence-electron chi connectivity index (χ1n) is 5.35. The lowest BCUT2D eigenvalue weighted by Gasteiger charge is -2.35. The number of hydrogen-bond acceptors (Lipinski definition) is 1. The second-order valence-electron chi connectivity index (χ2n) is 4.90. The van der Waals surface area contributed by atoms with Gasteiger partial charge in [0.25, 0.3) is 0 Å². The van der Waals surface area contributed by atoms with E-state index in [2.05, 4.69) is 49.9 Å². The van der Waals surface area contributed by atoms with Gasteiger partial charge in [-0.2, -0.15) is 0 Å². The molecule has 0 radical (unpaired) electrons. The third-order valence-corrected chi connectivity index (χ3v) is 4.96. The van der Waals surface area contributed by atoms with E-state index in [1.165, 1.54) is 12.8 Å². The summed E-state index contributed by atoms with van der Waals surface area (Å²) in [6.45, 7) is 10.6. The number of halogens is 1. The molecule has 0 bridgehead atoms. The van der Waals surface area contributed by atoms with Crippen molar-refractivity contribution in [1.29, 1.82) is 0 Å². The highest BCUT2D eigenvalue weighted by molar-refractivity contribution is 14.1. The summed E-state index contributed by atoms with van der Waals surface area (Å²) in [5.41, 5.74) is 0.148. The zero-order chi connectivity index (χ0) is 10.8. The van der Waals surface area contributed by atoms with E-state index >= 15 is 0 Å². The Bertz CT molecular complexity index is 214. The monoisotopic (exact) mass is 308 g/mol. The molecule has 0 aromatic heterocycles. The fraction of sp³-hybridized carbons (Fsp3) is 0.833. The smallest absolute Gasteiger partial charge is 0.0752 e. The topological polar surface area (TPSA) is 9.23 Å². The van der Waals surface area contributed by atoms with Crippen LogP contribution in [0.4, 0.5) is 0 Å². The molecule has 1 rings (SSSR count). The Kier molecular flexibility index (Phi) is 4.03. The van der Waals surface area contributed by atoms with Crippen molar-refractivity contribution in [3.63, 3.8) is 0 Å². The van der Waals surface area contributed by atoms with Gasteiger partial charge in [0, 0.05) is 4.43 Å². The van der Waals surface area contributed by atoms with Gasteiger partial charge in [0.15, 0.2) is 0 Å². The molecule has 0 N–H and O–H groups in total. The van der Waals surface area contributed by atoms with Gasteiger partial charge in [-0.3, -0.25) is 0 Å². The lowest BCUT2D eigenvalue weighted by Crippen LogP contribution is -2.38. The number of alkyl halides is 1. The Balaban J connectivity index is 2.78. The molecule has 1 fully saturated rings. The average Bonchev–Trinajstić information content (AvgIpc) is 2.47. The predicted octanol–water partition coefficient (Wildman–Crippen LogP) is 3.96. The third kappa shape index (κ3) is 2.32. The van der Waals surface area contributed by atoms with Gasteiger partial charge < -0.3 is 4.74 Å². The Morgan fingerprint density at radius 1 is 1.50 bits per heavy atom. The predicted molar refractivity (Wildman–Crippen MR) is 70.0 cm³/mol. The minimum absolute atomic E-state index is 0.0572. The zero-order valence-corrected chi connectivity index (χ0v) is 11.6. The maximum Gasteiger partial charge on any atom is 0.0752 e. The molecule has 1 nitrogen and oxygen atoms in total. The molecule has 1 aliphatic heterocycles. The summed E-state index contributed by atoms with van der Waals surface area (Å²) < 4.78 is 7.39. The normalized spacial score (nSPS) is 37.8. The molecular weight excluding hydrogens is 287 g/mol. The zero-order valence-electron chi connectivity index (χ0n) is 9.48. The lowest BCUT2D eigenvalue weighted by molar-refractivity contribution is -0.105. The first kappa shape index (κ1) is 12.5. The molecule has 2 atom stereocenters. The molecule has 1 aliphatic rings. The van der Waals surface area contributed by atoms with E-state index in [1.54, 1.807) is 0 Å². The average molecular weight is 308 g/mol. The fourth-order valence-electron chi connectivity index (χ4n) is 2.19. The Hall–Kier alpha value is 0.430. The first-order valence-corrected chi connectivity index (χ1v) is 6.88. The third-order valence-electron chi connectivity index (χ3n) is 3.35. The van der Waals surface area contributed by atoms with Crippen molar-refractivity contribution in [2.45, 2.75) is 51.2 Å². The van der Waals surface area contributed by atoms with Crippen LogP contribution in [-0.4, -0.2) is 15.6 Å². The number of rotatable bonds is 4. The van der Waals surface area contributed by atoms with Crippen molar-refractivity contribution in [1.82, 2.24) is 0 Å². The maximum atomic E-state index is 6.31. The van der Waals surface area contributed by atoms with E-state index in [0.717, 1.165) is 10.8 Å². The van der Waals surface area contributed by atoms with Gasteiger partial charge >= 0.3 is 0 Å². The van der Waals surface area contributed by atoms with E-state index in [4.69, 9.17) is 4.74 Å². The van der Waals surface area contributed by atoms with Crippen molar-refractivity contribution < 1.29 is 4.74 Å². The molecule has 0 amide bonds. The molecule has 1 saturated heterocycles. The standard InChI is InChI=1S/C12H21IO/c1-5-6-12(10(2)3)8-7-11(4,9-13)14-12/h5,10H,1,6-9H2,2-4H3/t11-,12+/m0/s1. The minimum Gasteiger partial charge on any atom is -0.367 e. The Morgan fingerprint density at radius 3 is 2.50 bits per heavy atom. The Morgan fingerprint density at radius 2 is 2.14 bits per heavy atom. The van der Waals surface area contributed by atoms with E-state index in [-0.39, 0.29) is 11.2 Å². The van der Waals surface area contributed by atoms with Gasteiger partial charge in [0.2, 0.25) is 0 Å². The molecule has 2 heteroatoms. The van der Waals surface area contributed by atoms with Gasteiger partial charge in [0.1, 0.15) is 0 Å². The summed E-state index contributed by atoms with van der Waals surface area (Å²) in [6, 6.07) is 0. The van der Waals surface area contributed by atoms with Crippen molar-refractivity contribution in [2.24, 2.45) is 5.92 Å². The van der Waals surface area contributed by atoms with Crippen LogP contribution < -0.4 is 0 Å². The number of ether oxygens (including phenoxy) is 1. The molecule has 0 aromatic rings. The molecule has 1 heterocycles. The van der Waals surface area contributed by atoms with Crippen LogP contribution in [0, 0.1) is 5.92 Å². The van der Waals surface area contributed by atoms with Gasteiger partial charge in [-0.25, -0.2) is 0 Å². The summed E-state index contributed by atoms with van der Waals surface area (Å²) in [5, 5.41) is 0. The van der Waals surface area contributed by atoms with Crippen LogP contribution in [0.25, 0.3) is 0 Å².